The molecule has 5 aromatic rings. The predicted molar refractivity (Wildman–Crippen MR) is 164 cm³/mol. The number of pyridine rings is 2. The molecule has 0 aliphatic heterocycles. The maximum atomic E-state index is 13.8. The Morgan fingerprint density at radius 2 is 1.55 bits per heavy atom. The van der Waals surface area contributed by atoms with Crippen LogP contribution in [0.25, 0.3) is 33.3 Å². The van der Waals surface area contributed by atoms with Gasteiger partial charge in [0.15, 0.2) is 5.65 Å². The van der Waals surface area contributed by atoms with Crippen LogP contribution in [0.4, 0.5) is 5.82 Å². The highest BCUT2D eigenvalue weighted by Crippen LogP contribution is 2.36. The number of sulfonamides is 1. The van der Waals surface area contributed by atoms with E-state index in [0.717, 1.165) is 25.7 Å². The first-order valence-electron chi connectivity index (χ1n) is 13.5. The molecule has 1 aliphatic carbocycles. The highest BCUT2D eigenvalue weighted by atomic mass is 35.5. The molecule has 3 N–H and O–H groups in total. The molecule has 1 saturated carbocycles. The van der Waals surface area contributed by atoms with E-state index in [-0.39, 0.29) is 20.6 Å². The SMILES string of the molecule is NS(=O)(=O)c1ccc(-c2cnc3c(c2)c(-c2cc(Cl)nc(NC4CCCCC4)c2)cn3S(=O)(=O)c2ccccc2)cc1. The number of anilines is 1. The van der Waals surface area contributed by atoms with Gasteiger partial charge in [0.2, 0.25) is 10.0 Å². The normalized spacial score (nSPS) is 14.7. The first kappa shape index (κ1) is 28.4. The molecule has 2 aromatic carbocycles. The molecule has 0 radical (unpaired) electrons. The van der Waals surface area contributed by atoms with Gasteiger partial charge in [0, 0.05) is 34.9 Å². The van der Waals surface area contributed by atoms with E-state index < -0.39 is 20.0 Å². The molecule has 12 heteroatoms. The van der Waals surface area contributed by atoms with Crippen molar-refractivity contribution >= 4 is 48.5 Å². The van der Waals surface area contributed by atoms with Gasteiger partial charge in [-0.2, -0.15) is 0 Å². The number of nitrogens with zero attached hydrogens (tertiary/aromatic N) is 3. The molecule has 216 valence electrons. The molecule has 0 unspecified atom stereocenters. The van der Waals surface area contributed by atoms with E-state index in [1.54, 1.807) is 48.8 Å². The van der Waals surface area contributed by atoms with Crippen LogP contribution >= 0.6 is 11.6 Å². The smallest absolute Gasteiger partial charge is 0.269 e. The largest absolute Gasteiger partial charge is 0.367 e. The summed E-state index contributed by atoms with van der Waals surface area (Å²) >= 11 is 6.49. The summed E-state index contributed by atoms with van der Waals surface area (Å²) in [5.41, 5.74) is 2.89. The molecule has 0 atom stereocenters. The van der Waals surface area contributed by atoms with Gasteiger partial charge in [-0.25, -0.2) is 35.9 Å². The number of fused-ring (bicyclic) bond motifs is 1. The number of hydrogen-bond acceptors (Lipinski definition) is 7. The second-order valence-electron chi connectivity index (χ2n) is 10.4. The zero-order valence-electron chi connectivity index (χ0n) is 22.4. The fourth-order valence-electron chi connectivity index (χ4n) is 5.38. The first-order chi connectivity index (χ1) is 20.1. The maximum Gasteiger partial charge on any atom is 0.269 e. The van der Waals surface area contributed by atoms with Crippen LogP contribution in [-0.2, 0) is 20.0 Å². The summed E-state index contributed by atoms with van der Waals surface area (Å²) in [5.74, 6) is 0.624. The van der Waals surface area contributed by atoms with Crippen LogP contribution in [0.3, 0.4) is 0 Å². The van der Waals surface area contributed by atoms with Crippen LogP contribution in [0.2, 0.25) is 5.15 Å². The second-order valence-corrected chi connectivity index (χ2v) is 14.1. The zero-order chi connectivity index (χ0) is 29.5. The number of halogens is 1. The average molecular weight is 622 g/mol. The summed E-state index contributed by atoms with van der Waals surface area (Å²) in [4.78, 5) is 9.19. The van der Waals surface area contributed by atoms with Crippen molar-refractivity contribution in [3.63, 3.8) is 0 Å². The first-order valence-corrected chi connectivity index (χ1v) is 16.9. The molecule has 3 heterocycles. The quantitative estimate of drug-likeness (QED) is 0.211. The minimum Gasteiger partial charge on any atom is -0.367 e. The second kappa shape index (κ2) is 11.1. The Bertz CT molecular complexity index is 1990. The molecule has 9 nitrogen and oxygen atoms in total. The Morgan fingerprint density at radius 3 is 2.24 bits per heavy atom. The highest BCUT2D eigenvalue weighted by molar-refractivity contribution is 7.90. The van der Waals surface area contributed by atoms with Crippen LogP contribution in [0.5, 0.6) is 0 Å². The third kappa shape index (κ3) is 5.65. The molecule has 1 aliphatic rings. The van der Waals surface area contributed by atoms with Crippen molar-refractivity contribution in [3.8, 4) is 22.3 Å². The molecule has 6 rings (SSSR count). The van der Waals surface area contributed by atoms with Crippen LogP contribution in [0.15, 0.2) is 95.0 Å². The fraction of sp³-hybridized carbons (Fsp3) is 0.200. The summed E-state index contributed by atoms with van der Waals surface area (Å²) in [6.07, 6.45) is 8.76. The average Bonchev–Trinajstić information content (AvgIpc) is 3.37. The van der Waals surface area contributed by atoms with Crippen molar-refractivity contribution in [2.24, 2.45) is 5.14 Å². The van der Waals surface area contributed by atoms with Crippen molar-refractivity contribution in [3.05, 3.63) is 90.3 Å². The number of hydrogen-bond donors (Lipinski definition) is 2. The van der Waals surface area contributed by atoms with Gasteiger partial charge < -0.3 is 5.32 Å². The lowest BCUT2D eigenvalue weighted by Gasteiger charge is -2.23. The Hall–Kier alpha value is -3.77. The topological polar surface area (TPSA) is 137 Å². The number of nitrogens with one attached hydrogen (secondary N) is 1. The van der Waals surface area contributed by atoms with Gasteiger partial charge in [-0.3, -0.25) is 0 Å². The van der Waals surface area contributed by atoms with Crippen molar-refractivity contribution in [1.29, 1.82) is 0 Å². The van der Waals surface area contributed by atoms with E-state index in [2.05, 4.69) is 15.3 Å². The van der Waals surface area contributed by atoms with Crippen LogP contribution < -0.4 is 10.5 Å². The lowest BCUT2D eigenvalue weighted by molar-refractivity contribution is 0.462. The van der Waals surface area contributed by atoms with Gasteiger partial charge in [0.1, 0.15) is 11.0 Å². The Balaban J connectivity index is 1.51. The Morgan fingerprint density at radius 1 is 0.833 bits per heavy atom. The van der Waals surface area contributed by atoms with Gasteiger partial charge in [-0.05, 0) is 66.4 Å². The molecule has 0 amide bonds. The standard InChI is InChI=1S/C30H28ClN5O4S2/c31-28-16-21(17-29(35-28)34-23-7-3-1-4-8-23)27-19-36(42(39,40)25-9-5-2-6-10-25)30-26(27)15-22(18-33-30)20-11-13-24(14-12-20)41(32,37)38/h2,5-6,9-19,23H,1,3-4,7-8H2,(H,34,35)(H2,32,37,38). The van der Waals surface area contributed by atoms with E-state index in [0.29, 0.717) is 39.5 Å². The number of nitrogens with two attached hydrogens (primary N) is 1. The van der Waals surface area contributed by atoms with Gasteiger partial charge >= 0.3 is 0 Å². The van der Waals surface area contributed by atoms with Crippen LogP contribution in [-0.4, -0.2) is 36.8 Å². The van der Waals surface area contributed by atoms with Gasteiger partial charge in [-0.15, -0.1) is 0 Å². The van der Waals surface area contributed by atoms with E-state index in [9.17, 15) is 16.8 Å². The maximum absolute atomic E-state index is 13.8. The fourth-order valence-corrected chi connectivity index (χ4v) is 7.45. The highest BCUT2D eigenvalue weighted by Gasteiger charge is 2.24. The number of primary sulfonamides is 1. The molecular formula is C30H28ClN5O4S2. The molecule has 0 spiro atoms. The molecule has 42 heavy (non-hydrogen) atoms. The van der Waals surface area contributed by atoms with Crippen molar-refractivity contribution in [1.82, 2.24) is 13.9 Å². The van der Waals surface area contributed by atoms with Crippen molar-refractivity contribution < 1.29 is 16.8 Å². The Kier molecular flexibility index (Phi) is 7.52. The summed E-state index contributed by atoms with van der Waals surface area (Å²) in [7, 11) is -7.83. The summed E-state index contributed by atoms with van der Waals surface area (Å²) in [6.45, 7) is 0. The molecule has 3 aromatic heterocycles. The van der Waals surface area contributed by atoms with Crippen molar-refractivity contribution in [2.75, 3.05) is 5.32 Å². The van der Waals surface area contributed by atoms with Gasteiger partial charge in [0.05, 0.1) is 9.79 Å². The van der Waals surface area contributed by atoms with E-state index in [4.69, 9.17) is 16.7 Å². The third-order valence-electron chi connectivity index (χ3n) is 7.49. The van der Waals surface area contributed by atoms with E-state index in [1.165, 1.54) is 34.7 Å². The minimum absolute atomic E-state index is 0.00879. The van der Waals surface area contributed by atoms with Gasteiger partial charge in [-0.1, -0.05) is 61.2 Å². The predicted octanol–water partition coefficient (Wildman–Crippen LogP) is 6.05. The van der Waals surface area contributed by atoms with E-state index >= 15 is 0 Å². The number of benzene rings is 2. The van der Waals surface area contributed by atoms with E-state index in [1.807, 2.05) is 12.1 Å². The van der Waals surface area contributed by atoms with Crippen LogP contribution in [0, 0.1) is 0 Å². The number of aromatic nitrogens is 3. The minimum atomic E-state index is -3.99. The van der Waals surface area contributed by atoms with Crippen molar-refractivity contribution in [2.45, 2.75) is 47.9 Å². The molecule has 0 saturated heterocycles. The Labute approximate surface area is 249 Å². The third-order valence-corrected chi connectivity index (χ3v) is 10.3. The van der Waals surface area contributed by atoms with Crippen LogP contribution in [0.1, 0.15) is 32.1 Å². The van der Waals surface area contributed by atoms with Gasteiger partial charge in [0.25, 0.3) is 10.0 Å². The number of rotatable bonds is 7. The monoisotopic (exact) mass is 621 g/mol. The molecule has 0 bridgehead atoms. The lowest BCUT2D eigenvalue weighted by Crippen LogP contribution is -2.22. The summed E-state index contributed by atoms with van der Waals surface area (Å²) < 4.78 is 52.2. The summed E-state index contributed by atoms with van der Waals surface area (Å²) in [5, 5.41) is 9.62. The summed E-state index contributed by atoms with van der Waals surface area (Å²) in [6, 6.07) is 20.0. The molecular weight excluding hydrogens is 594 g/mol. The lowest BCUT2D eigenvalue weighted by atomic mass is 9.95. The molecule has 1 fully saturated rings. The zero-order valence-corrected chi connectivity index (χ0v) is 24.8.